The van der Waals surface area contributed by atoms with Crippen molar-refractivity contribution >= 4 is 0 Å². The van der Waals surface area contributed by atoms with Gasteiger partial charge in [0.25, 0.3) is 0 Å². The Morgan fingerprint density at radius 2 is 1.88 bits per heavy atom. The molecule has 0 aromatic heterocycles. The Hall–Kier alpha value is -0.590. The molecule has 0 aliphatic heterocycles. The number of nitriles is 1. The second-order valence-corrected chi connectivity index (χ2v) is 6.27. The zero-order valence-electron chi connectivity index (χ0n) is 11.9. The third-order valence-electron chi connectivity index (χ3n) is 3.46. The molecule has 1 aliphatic rings. The molecule has 3 nitrogen and oxygen atoms in total. The minimum absolute atomic E-state index is 0.343. The topological polar surface area (TPSA) is 30.3 Å². The summed E-state index contributed by atoms with van der Waals surface area (Å²) < 4.78 is 0. The minimum Gasteiger partial charge on any atom is -0.308 e. The van der Waals surface area contributed by atoms with Gasteiger partial charge in [-0.1, -0.05) is 13.8 Å². The molecule has 0 aromatic carbocycles. The largest absolute Gasteiger partial charge is 0.308 e. The van der Waals surface area contributed by atoms with Crippen molar-refractivity contribution in [1.82, 2.24) is 9.80 Å². The van der Waals surface area contributed by atoms with Crippen LogP contribution in [0.4, 0.5) is 0 Å². The SMILES string of the molecule is CC(C)CN(CCN(C)C)CC1(CC#N)CC1. The summed E-state index contributed by atoms with van der Waals surface area (Å²) in [6, 6.07) is 2.36. The lowest BCUT2D eigenvalue weighted by atomic mass is 10.0. The molecule has 0 unspecified atom stereocenters. The van der Waals surface area contributed by atoms with Crippen LogP contribution in [0, 0.1) is 22.7 Å². The van der Waals surface area contributed by atoms with Gasteiger partial charge in [-0.15, -0.1) is 0 Å². The van der Waals surface area contributed by atoms with Crippen molar-refractivity contribution in [2.75, 3.05) is 40.3 Å². The lowest BCUT2D eigenvalue weighted by Crippen LogP contribution is -2.38. The minimum atomic E-state index is 0.343. The fraction of sp³-hybridized carbons (Fsp3) is 0.929. The van der Waals surface area contributed by atoms with Crippen LogP contribution in [0.15, 0.2) is 0 Å². The summed E-state index contributed by atoms with van der Waals surface area (Å²) >= 11 is 0. The molecule has 0 bridgehead atoms. The molecule has 17 heavy (non-hydrogen) atoms. The Balaban J connectivity index is 2.43. The molecule has 1 rings (SSSR count). The lowest BCUT2D eigenvalue weighted by molar-refractivity contribution is 0.182. The van der Waals surface area contributed by atoms with Crippen LogP contribution in [0.25, 0.3) is 0 Å². The Labute approximate surface area is 106 Å². The molecule has 0 atom stereocenters. The summed E-state index contributed by atoms with van der Waals surface area (Å²) in [5.74, 6) is 0.704. The van der Waals surface area contributed by atoms with Gasteiger partial charge >= 0.3 is 0 Å². The van der Waals surface area contributed by atoms with E-state index in [-0.39, 0.29) is 0 Å². The molecule has 0 radical (unpaired) electrons. The smallest absolute Gasteiger partial charge is 0.0628 e. The highest BCUT2D eigenvalue weighted by atomic mass is 15.2. The molecule has 1 saturated carbocycles. The first-order chi connectivity index (χ1) is 7.97. The van der Waals surface area contributed by atoms with Gasteiger partial charge in [-0.25, -0.2) is 0 Å². The summed E-state index contributed by atoms with van der Waals surface area (Å²) in [7, 11) is 4.24. The van der Waals surface area contributed by atoms with Crippen LogP contribution in [-0.4, -0.2) is 50.1 Å². The highest BCUT2D eigenvalue weighted by Gasteiger charge is 2.43. The molecular weight excluding hydrogens is 210 g/mol. The van der Waals surface area contributed by atoms with Gasteiger partial charge in [0.15, 0.2) is 0 Å². The fourth-order valence-corrected chi connectivity index (χ4v) is 2.30. The van der Waals surface area contributed by atoms with E-state index < -0.39 is 0 Å². The van der Waals surface area contributed by atoms with E-state index in [0.717, 1.165) is 32.6 Å². The number of likely N-dealkylation sites (N-methyl/N-ethyl adjacent to an activating group) is 1. The van der Waals surface area contributed by atoms with E-state index in [4.69, 9.17) is 5.26 Å². The first-order valence-electron chi connectivity index (χ1n) is 6.71. The maximum Gasteiger partial charge on any atom is 0.0628 e. The van der Waals surface area contributed by atoms with E-state index >= 15 is 0 Å². The van der Waals surface area contributed by atoms with Gasteiger partial charge in [0.2, 0.25) is 0 Å². The first-order valence-corrected chi connectivity index (χ1v) is 6.71. The average Bonchev–Trinajstić information content (AvgIpc) is 2.94. The second-order valence-electron chi connectivity index (χ2n) is 6.27. The van der Waals surface area contributed by atoms with Gasteiger partial charge in [-0.3, -0.25) is 0 Å². The predicted octanol–water partition coefficient (Wildman–Crippen LogP) is 2.20. The quantitative estimate of drug-likeness (QED) is 0.648. The summed E-state index contributed by atoms with van der Waals surface area (Å²) in [5, 5.41) is 8.88. The molecular formula is C14H27N3. The van der Waals surface area contributed by atoms with Crippen molar-refractivity contribution in [3.05, 3.63) is 0 Å². The lowest BCUT2D eigenvalue weighted by Gasteiger charge is -2.29. The van der Waals surface area contributed by atoms with E-state index in [1.54, 1.807) is 0 Å². The second kappa shape index (κ2) is 6.37. The van der Waals surface area contributed by atoms with E-state index in [0.29, 0.717) is 11.3 Å². The van der Waals surface area contributed by atoms with Crippen molar-refractivity contribution in [2.45, 2.75) is 33.1 Å². The first kappa shape index (κ1) is 14.5. The molecule has 1 aliphatic carbocycles. The van der Waals surface area contributed by atoms with Crippen LogP contribution in [0.2, 0.25) is 0 Å². The summed E-state index contributed by atoms with van der Waals surface area (Å²) in [4.78, 5) is 4.78. The standard InChI is InChI=1S/C14H27N3/c1-13(2)11-17(10-9-16(3)4)12-14(5-6-14)7-8-15/h13H,5-7,9-12H2,1-4H3. The molecule has 0 heterocycles. The van der Waals surface area contributed by atoms with Crippen LogP contribution < -0.4 is 0 Å². The van der Waals surface area contributed by atoms with Crippen LogP contribution >= 0.6 is 0 Å². The molecule has 0 amide bonds. The Morgan fingerprint density at radius 1 is 1.24 bits per heavy atom. The van der Waals surface area contributed by atoms with Gasteiger partial charge in [0.1, 0.15) is 0 Å². The molecule has 0 N–H and O–H groups in total. The van der Waals surface area contributed by atoms with Gasteiger partial charge in [-0.05, 0) is 38.3 Å². The van der Waals surface area contributed by atoms with Crippen molar-refractivity contribution in [2.24, 2.45) is 11.3 Å². The summed E-state index contributed by atoms with van der Waals surface area (Å²) in [6.07, 6.45) is 3.23. The van der Waals surface area contributed by atoms with Crippen molar-refractivity contribution in [3.8, 4) is 6.07 Å². The molecule has 3 heteroatoms. The molecule has 0 spiro atoms. The van der Waals surface area contributed by atoms with Crippen LogP contribution in [0.1, 0.15) is 33.1 Å². The van der Waals surface area contributed by atoms with Crippen molar-refractivity contribution in [3.63, 3.8) is 0 Å². The van der Waals surface area contributed by atoms with Gasteiger partial charge in [0.05, 0.1) is 6.07 Å². The zero-order chi connectivity index (χ0) is 12.9. The van der Waals surface area contributed by atoms with E-state index in [9.17, 15) is 0 Å². The van der Waals surface area contributed by atoms with E-state index in [1.807, 2.05) is 0 Å². The Bertz CT molecular complexity index is 261. The number of nitrogens with zero attached hydrogens (tertiary/aromatic N) is 3. The molecule has 0 saturated heterocycles. The van der Waals surface area contributed by atoms with Gasteiger partial charge in [0, 0.05) is 32.6 Å². The maximum atomic E-state index is 8.88. The third kappa shape index (κ3) is 5.52. The predicted molar refractivity (Wildman–Crippen MR) is 71.7 cm³/mol. The van der Waals surface area contributed by atoms with Crippen molar-refractivity contribution in [1.29, 1.82) is 5.26 Å². The highest BCUT2D eigenvalue weighted by molar-refractivity contribution is 5.01. The molecule has 98 valence electrons. The molecule has 1 fully saturated rings. The highest BCUT2D eigenvalue weighted by Crippen LogP contribution is 2.49. The normalized spacial score (nSPS) is 17.8. The Morgan fingerprint density at radius 3 is 2.29 bits per heavy atom. The Kier molecular flexibility index (Phi) is 5.42. The van der Waals surface area contributed by atoms with E-state index in [1.165, 1.54) is 12.8 Å². The van der Waals surface area contributed by atoms with Crippen LogP contribution in [0.3, 0.4) is 0 Å². The van der Waals surface area contributed by atoms with Crippen LogP contribution in [-0.2, 0) is 0 Å². The summed E-state index contributed by atoms with van der Waals surface area (Å²) in [6.45, 7) is 9.04. The summed E-state index contributed by atoms with van der Waals surface area (Å²) in [5.41, 5.74) is 0.343. The third-order valence-corrected chi connectivity index (χ3v) is 3.46. The fourth-order valence-electron chi connectivity index (χ4n) is 2.30. The van der Waals surface area contributed by atoms with Gasteiger partial charge < -0.3 is 9.80 Å². The average molecular weight is 237 g/mol. The van der Waals surface area contributed by atoms with Crippen LogP contribution in [0.5, 0.6) is 0 Å². The number of rotatable bonds is 8. The van der Waals surface area contributed by atoms with Crippen molar-refractivity contribution < 1.29 is 0 Å². The van der Waals surface area contributed by atoms with Gasteiger partial charge in [-0.2, -0.15) is 5.26 Å². The zero-order valence-corrected chi connectivity index (χ0v) is 11.9. The molecule has 0 aromatic rings. The van der Waals surface area contributed by atoms with E-state index in [2.05, 4.69) is 43.8 Å². The number of hydrogen-bond donors (Lipinski definition) is 0. The monoisotopic (exact) mass is 237 g/mol. The number of hydrogen-bond acceptors (Lipinski definition) is 3. The maximum absolute atomic E-state index is 8.88.